The van der Waals surface area contributed by atoms with Gasteiger partial charge in [-0.05, 0) is 42.5 Å². The molecule has 1 saturated carbocycles. The average Bonchev–Trinajstić information content (AvgIpc) is 2.64. The van der Waals surface area contributed by atoms with Gasteiger partial charge in [0.1, 0.15) is 0 Å². The maximum Gasteiger partial charge on any atom is 0.161 e. The Labute approximate surface area is 144 Å². The van der Waals surface area contributed by atoms with Crippen molar-refractivity contribution in [3.05, 3.63) is 23.3 Å². The van der Waals surface area contributed by atoms with Crippen molar-refractivity contribution in [3.8, 4) is 11.5 Å². The molecule has 2 aliphatic heterocycles. The number of hydrogen-bond acceptors (Lipinski definition) is 4. The van der Waals surface area contributed by atoms with E-state index >= 15 is 0 Å². The molecule has 0 spiro atoms. The number of ether oxygens (including phenoxy) is 2. The molecule has 1 aromatic carbocycles. The summed E-state index contributed by atoms with van der Waals surface area (Å²) in [5.41, 5.74) is 2.68. The fourth-order valence-corrected chi connectivity index (χ4v) is 5.48. The first-order valence-electron chi connectivity index (χ1n) is 9.34. The maximum atomic E-state index is 11.0. The van der Waals surface area contributed by atoms with Gasteiger partial charge < -0.3 is 14.6 Å². The van der Waals surface area contributed by atoms with Gasteiger partial charge in [-0.3, -0.25) is 4.90 Å². The van der Waals surface area contributed by atoms with Crippen LogP contribution in [0.1, 0.15) is 49.8 Å². The number of fused-ring (bicyclic) bond motifs is 5. The first kappa shape index (κ1) is 16.2. The number of piperidine rings is 1. The predicted octanol–water partition coefficient (Wildman–Crippen LogP) is 3.17. The minimum absolute atomic E-state index is 0.199. The van der Waals surface area contributed by atoms with Gasteiger partial charge >= 0.3 is 0 Å². The molecule has 4 heteroatoms. The van der Waals surface area contributed by atoms with Crippen molar-refractivity contribution in [1.82, 2.24) is 4.90 Å². The molecule has 1 aromatic rings. The fraction of sp³-hybridized carbons (Fsp3) is 0.700. The predicted molar refractivity (Wildman–Crippen MR) is 93.6 cm³/mol. The molecule has 2 heterocycles. The van der Waals surface area contributed by atoms with Crippen LogP contribution in [-0.4, -0.2) is 42.9 Å². The van der Waals surface area contributed by atoms with Crippen LogP contribution >= 0.6 is 0 Å². The lowest BCUT2D eigenvalue weighted by Gasteiger charge is -2.56. The summed E-state index contributed by atoms with van der Waals surface area (Å²) in [5.74, 6) is 2.31. The Morgan fingerprint density at radius 2 is 1.79 bits per heavy atom. The monoisotopic (exact) mass is 331 g/mol. The zero-order valence-corrected chi connectivity index (χ0v) is 15.0. The molecule has 5 unspecified atom stereocenters. The summed E-state index contributed by atoms with van der Waals surface area (Å²) in [5, 5.41) is 11.0. The van der Waals surface area contributed by atoms with Gasteiger partial charge in [0.05, 0.1) is 20.3 Å². The number of benzene rings is 1. The quantitative estimate of drug-likeness (QED) is 0.904. The highest BCUT2D eigenvalue weighted by Crippen LogP contribution is 2.50. The normalized spacial score (nSPS) is 35.6. The van der Waals surface area contributed by atoms with Crippen LogP contribution in [0.4, 0.5) is 0 Å². The van der Waals surface area contributed by atoms with Gasteiger partial charge in [0.15, 0.2) is 11.5 Å². The summed E-state index contributed by atoms with van der Waals surface area (Å²) in [6.07, 6.45) is 5.83. The molecule has 0 bridgehead atoms. The SMILES string of the molecule is COc1cc2c(cc1OC)C1C(C)C(O)C3CCCCC3N1CC2. The van der Waals surface area contributed by atoms with Crippen LogP contribution in [0.3, 0.4) is 0 Å². The highest BCUT2D eigenvalue weighted by atomic mass is 16.5. The number of nitrogens with zero attached hydrogens (tertiary/aromatic N) is 1. The van der Waals surface area contributed by atoms with Crippen molar-refractivity contribution >= 4 is 0 Å². The molecular weight excluding hydrogens is 302 g/mol. The summed E-state index contributed by atoms with van der Waals surface area (Å²) >= 11 is 0. The van der Waals surface area contributed by atoms with Crippen molar-refractivity contribution in [2.45, 2.75) is 57.2 Å². The van der Waals surface area contributed by atoms with Crippen LogP contribution in [0, 0.1) is 11.8 Å². The molecule has 1 saturated heterocycles. The Morgan fingerprint density at radius 3 is 2.54 bits per heavy atom. The third-order valence-electron chi connectivity index (χ3n) is 6.64. The highest BCUT2D eigenvalue weighted by Gasteiger charge is 2.49. The number of hydrogen-bond donors (Lipinski definition) is 1. The first-order valence-corrected chi connectivity index (χ1v) is 9.34. The van der Waals surface area contributed by atoms with Crippen LogP contribution in [-0.2, 0) is 6.42 Å². The number of rotatable bonds is 2. The Kier molecular flexibility index (Phi) is 4.21. The van der Waals surface area contributed by atoms with Crippen LogP contribution in [0.5, 0.6) is 11.5 Å². The van der Waals surface area contributed by atoms with E-state index in [0.29, 0.717) is 18.0 Å². The lowest BCUT2D eigenvalue weighted by atomic mass is 9.67. The van der Waals surface area contributed by atoms with Gasteiger partial charge in [0.25, 0.3) is 0 Å². The van der Waals surface area contributed by atoms with Gasteiger partial charge in [0, 0.05) is 30.5 Å². The summed E-state index contributed by atoms with van der Waals surface area (Å²) in [6, 6.07) is 5.12. The molecule has 5 atom stereocenters. The Morgan fingerprint density at radius 1 is 1.08 bits per heavy atom. The fourth-order valence-electron chi connectivity index (χ4n) is 5.48. The Hall–Kier alpha value is -1.26. The van der Waals surface area contributed by atoms with Crippen LogP contribution in [0.25, 0.3) is 0 Å². The van der Waals surface area contributed by atoms with E-state index in [4.69, 9.17) is 9.47 Å². The van der Waals surface area contributed by atoms with Crippen molar-refractivity contribution in [3.63, 3.8) is 0 Å². The first-order chi connectivity index (χ1) is 11.7. The van der Waals surface area contributed by atoms with Crippen molar-refractivity contribution < 1.29 is 14.6 Å². The van der Waals surface area contributed by atoms with E-state index in [-0.39, 0.29) is 12.0 Å². The van der Waals surface area contributed by atoms with Gasteiger partial charge in [-0.1, -0.05) is 19.8 Å². The lowest BCUT2D eigenvalue weighted by molar-refractivity contribution is -0.107. The molecule has 2 fully saturated rings. The average molecular weight is 331 g/mol. The molecule has 0 aromatic heterocycles. The zero-order valence-electron chi connectivity index (χ0n) is 15.0. The van der Waals surface area contributed by atoms with Crippen LogP contribution in [0.2, 0.25) is 0 Å². The molecule has 0 amide bonds. The molecule has 132 valence electrons. The van der Waals surface area contributed by atoms with E-state index in [2.05, 4.69) is 24.0 Å². The topological polar surface area (TPSA) is 41.9 Å². The van der Waals surface area contributed by atoms with E-state index in [1.807, 2.05) is 0 Å². The van der Waals surface area contributed by atoms with E-state index in [9.17, 15) is 5.11 Å². The smallest absolute Gasteiger partial charge is 0.161 e. The van der Waals surface area contributed by atoms with Gasteiger partial charge in [0.2, 0.25) is 0 Å². The minimum Gasteiger partial charge on any atom is -0.493 e. The number of methoxy groups -OCH3 is 2. The van der Waals surface area contributed by atoms with Crippen molar-refractivity contribution in [2.75, 3.05) is 20.8 Å². The summed E-state index contributed by atoms with van der Waals surface area (Å²) in [6.45, 7) is 3.31. The molecule has 1 aliphatic carbocycles. The molecular formula is C20H29NO3. The Bertz CT molecular complexity index is 617. The second kappa shape index (κ2) is 6.23. The number of aliphatic hydroxyl groups excluding tert-OH is 1. The minimum atomic E-state index is -0.199. The lowest BCUT2D eigenvalue weighted by Crippen LogP contribution is -2.59. The molecule has 24 heavy (non-hydrogen) atoms. The van der Waals surface area contributed by atoms with Crippen molar-refractivity contribution in [2.24, 2.45) is 11.8 Å². The molecule has 3 aliphatic rings. The third kappa shape index (κ3) is 2.34. The van der Waals surface area contributed by atoms with E-state index < -0.39 is 0 Å². The van der Waals surface area contributed by atoms with E-state index in [0.717, 1.165) is 24.5 Å². The molecule has 0 radical (unpaired) electrons. The highest BCUT2D eigenvalue weighted by molar-refractivity contribution is 5.50. The van der Waals surface area contributed by atoms with Crippen LogP contribution < -0.4 is 9.47 Å². The second-order valence-corrected chi connectivity index (χ2v) is 7.70. The third-order valence-corrected chi connectivity index (χ3v) is 6.64. The molecule has 4 nitrogen and oxygen atoms in total. The van der Waals surface area contributed by atoms with Gasteiger partial charge in [-0.25, -0.2) is 0 Å². The Balaban J connectivity index is 1.77. The summed E-state index contributed by atoms with van der Waals surface area (Å²) in [4.78, 5) is 2.69. The molecule has 1 N–H and O–H groups in total. The zero-order chi connectivity index (χ0) is 16.8. The largest absolute Gasteiger partial charge is 0.493 e. The van der Waals surface area contributed by atoms with Gasteiger partial charge in [-0.2, -0.15) is 0 Å². The van der Waals surface area contributed by atoms with E-state index in [1.165, 1.54) is 36.8 Å². The summed E-state index contributed by atoms with van der Waals surface area (Å²) in [7, 11) is 3.39. The van der Waals surface area contributed by atoms with Crippen molar-refractivity contribution in [1.29, 1.82) is 0 Å². The number of aliphatic hydroxyl groups is 1. The van der Waals surface area contributed by atoms with Crippen LogP contribution in [0.15, 0.2) is 12.1 Å². The van der Waals surface area contributed by atoms with E-state index in [1.54, 1.807) is 14.2 Å². The standard InChI is InChI=1S/C20H29NO3/c1-12-19-15-11-18(24-3)17(23-2)10-13(15)8-9-21(19)16-7-5-4-6-14(16)20(12)22/h10-12,14,16,19-20,22H,4-9H2,1-3H3. The molecule has 4 rings (SSSR count). The summed E-state index contributed by atoms with van der Waals surface area (Å²) < 4.78 is 11.0. The second-order valence-electron chi connectivity index (χ2n) is 7.70. The van der Waals surface area contributed by atoms with Gasteiger partial charge in [-0.15, -0.1) is 0 Å². The maximum absolute atomic E-state index is 11.0.